The second-order valence-electron chi connectivity index (χ2n) is 4.23. The molecule has 0 fully saturated rings. The predicted octanol–water partition coefficient (Wildman–Crippen LogP) is 0.582. The van der Waals surface area contributed by atoms with Crippen molar-refractivity contribution in [2.45, 2.75) is 79.1 Å². The minimum atomic E-state index is 0. The van der Waals surface area contributed by atoms with Crippen LogP contribution in [-0.4, -0.2) is 26.4 Å². The van der Waals surface area contributed by atoms with Gasteiger partial charge in [-0.1, -0.05) is 79.1 Å². The van der Waals surface area contributed by atoms with E-state index in [9.17, 15) is 20.4 Å². The van der Waals surface area contributed by atoms with Gasteiger partial charge in [-0.15, -0.1) is 26.4 Å². The number of rotatable bonds is 8. The van der Waals surface area contributed by atoms with Gasteiger partial charge in [0.1, 0.15) is 0 Å². The van der Waals surface area contributed by atoms with Gasteiger partial charge in [-0.2, -0.15) is 0 Å². The van der Waals surface area contributed by atoms with Gasteiger partial charge in [0, 0.05) is 0 Å². The van der Waals surface area contributed by atoms with E-state index >= 15 is 0 Å². The van der Waals surface area contributed by atoms with Crippen LogP contribution in [0.1, 0.15) is 79.1 Å². The third-order valence-electron chi connectivity index (χ3n) is 1.99. The largest absolute Gasteiger partial charge is 4.00 e. The van der Waals surface area contributed by atoms with E-state index in [1.807, 2.05) is 27.7 Å². The van der Waals surface area contributed by atoms with E-state index in [2.05, 4.69) is 0 Å². The zero-order valence-electron chi connectivity index (χ0n) is 15.1. The number of hydrogen-bond acceptors (Lipinski definition) is 4. The van der Waals surface area contributed by atoms with Gasteiger partial charge in [-0.25, -0.2) is 0 Å². The Morgan fingerprint density at radius 2 is 0.545 bits per heavy atom. The van der Waals surface area contributed by atoms with E-state index < -0.39 is 0 Å². The minimum absolute atomic E-state index is 0. The molecule has 0 aliphatic heterocycles. The summed E-state index contributed by atoms with van der Waals surface area (Å²) in [5.41, 5.74) is 0. The monoisotopic (exact) mass is 388 g/mol. The van der Waals surface area contributed by atoms with E-state index in [0.29, 0.717) is 0 Å². The van der Waals surface area contributed by atoms with Crippen LogP contribution in [-0.2, 0) is 43.4 Å². The first kappa shape index (κ1) is 38.7. The van der Waals surface area contributed by atoms with Gasteiger partial charge in [0.2, 0.25) is 0 Å². The molecule has 0 spiro atoms. The normalized spacial score (nSPS) is 7.64. The molecule has 0 rings (SSSR count). The van der Waals surface area contributed by atoms with Crippen molar-refractivity contribution in [3.8, 4) is 0 Å². The number of hydrogen-bond donors (Lipinski definition) is 0. The summed E-state index contributed by atoms with van der Waals surface area (Å²) in [6.07, 6.45) is 7.46. The average molecular weight is 388 g/mol. The molecule has 0 saturated heterocycles. The summed E-state index contributed by atoms with van der Waals surface area (Å²) in [5.74, 6) is 0. The summed E-state index contributed by atoms with van der Waals surface area (Å²) >= 11 is 0. The Labute approximate surface area is 168 Å². The van der Waals surface area contributed by atoms with Crippen LogP contribution in [0, 0.1) is 0 Å². The van der Waals surface area contributed by atoms with E-state index in [0.717, 1.165) is 51.4 Å². The Morgan fingerprint density at radius 3 is 0.545 bits per heavy atom. The van der Waals surface area contributed by atoms with Crippen molar-refractivity contribution in [2.24, 2.45) is 0 Å². The Bertz CT molecular complexity index is 78.1. The molecule has 0 heterocycles. The third-order valence-corrected chi connectivity index (χ3v) is 1.99. The van der Waals surface area contributed by atoms with Gasteiger partial charge < -0.3 is 20.4 Å². The van der Waals surface area contributed by atoms with Crippen molar-refractivity contribution >= 4 is 0 Å². The van der Waals surface area contributed by atoms with Gasteiger partial charge in [0.05, 0.1) is 0 Å². The van der Waals surface area contributed by atoms with E-state index in [1.54, 1.807) is 0 Å². The molecule has 0 aromatic heterocycles. The molecule has 0 bridgehead atoms. The van der Waals surface area contributed by atoms with Gasteiger partial charge in [0.25, 0.3) is 0 Å². The van der Waals surface area contributed by atoms with Gasteiger partial charge >= 0.3 is 43.4 Å². The first-order valence-corrected chi connectivity index (χ1v) is 7.98. The standard InChI is InChI=1S/4C4H9O.2Ti/c4*1-2-3-4-5;;/h4*2-4H2,1H3;;/q4*-1;2*+4. The fraction of sp³-hybridized carbons (Fsp3) is 1.00. The van der Waals surface area contributed by atoms with Crippen LogP contribution in [0.15, 0.2) is 0 Å². The van der Waals surface area contributed by atoms with Gasteiger partial charge in [0.15, 0.2) is 0 Å². The molecule has 0 radical (unpaired) electrons. The molecule has 6 heteroatoms. The summed E-state index contributed by atoms with van der Waals surface area (Å²) < 4.78 is 0. The van der Waals surface area contributed by atoms with Crippen molar-refractivity contribution < 1.29 is 63.9 Å². The molecule has 0 amide bonds. The summed E-state index contributed by atoms with van der Waals surface area (Å²) in [4.78, 5) is 0. The Hall–Kier alpha value is 1.27. The van der Waals surface area contributed by atoms with Crippen LogP contribution in [0.2, 0.25) is 0 Å². The molecule has 0 saturated carbocycles. The summed E-state index contributed by atoms with van der Waals surface area (Å²) in [6.45, 7) is 8.42. The Morgan fingerprint density at radius 1 is 0.409 bits per heavy atom. The predicted molar refractivity (Wildman–Crippen MR) is 79.1 cm³/mol. The van der Waals surface area contributed by atoms with Crippen molar-refractivity contribution in [2.75, 3.05) is 26.4 Å². The second-order valence-corrected chi connectivity index (χ2v) is 4.23. The molecule has 128 valence electrons. The molecule has 22 heavy (non-hydrogen) atoms. The van der Waals surface area contributed by atoms with Crippen LogP contribution < -0.4 is 20.4 Å². The van der Waals surface area contributed by atoms with Crippen molar-refractivity contribution in [1.29, 1.82) is 0 Å². The van der Waals surface area contributed by atoms with Crippen molar-refractivity contribution in [3.63, 3.8) is 0 Å². The molecule has 0 aliphatic rings. The van der Waals surface area contributed by atoms with Gasteiger partial charge in [-0.3, -0.25) is 0 Å². The maximum Gasteiger partial charge on any atom is 4.00 e. The molecule has 0 aromatic carbocycles. The topological polar surface area (TPSA) is 92.2 Å². The zero-order chi connectivity index (χ0) is 16.5. The van der Waals surface area contributed by atoms with Crippen LogP contribution in [0.3, 0.4) is 0 Å². The van der Waals surface area contributed by atoms with E-state index in [-0.39, 0.29) is 69.9 Å². The molecule has 0 aliphatic carbocycles. The van der Waals surface area contributed by atoms with Crippen molar-refractivity contribution in [3.05, 3.63) is 0 Å². The fourth-order valence-electron chi connectivity index (χ4n) is 0.577. The molecule has 0 aromatic rings. The van der Waals surface area contributed by atoms with Crippen LogP contribution in [0.4, 0.5) is 0 Å². The molecule has 0 atom stereocenters. The SMILES string of the molecule is CCCC[O-].CCCC[O-].CCCC[O-].CCCC[O-].[Ti+4].[Ti+4]. The first-order valence-electron chi connectivity index (χ1n) is 7.98. The maximum absolute atomic E-state index is 9.53. The molecule has 0 N–H and O–H groups in total. The zero-order valence-corrected chi connectivity index (χ0v) is 18.2. The van der Waals surface area contributed by atoms with Gasteiger partial charge in [-0.05, 0) is 0 Å². The average Bonchev–Trinajstić information content (AvgIpc) is 2.44. The van der Waals surface area contributed by atoms with Crippen LogP contribution in [0.5, 0.6) is 0 Å². The molecule has 0 unspecified atom stereocenters. The minimum Gasteiger partial charge on any atom is -0.854 e. The molecular weight excluding hydrogens is 352 g/mol. The van der Waals surface area contributed by atoms with Crippen LogP contribution in [0.25, 0.3) is 0 Å². The molecular formula is C16H36O4Ti2+4. The van der Waals surface area contributed by atoms with E-state index in [1.165, 1.54) is 0 Å². The van der Waals surface area contributed by atoms with Crippen molar-refractivity contribution in [1.82, 2.24) is 0 Å². The third kappa shape index (κ3) is 102. The maximum atomic E-state index is 9.53. The quantitative estimate of drug-likeness (QED) is 0.569. The second kappa shape index (κ2) is 57.2. The van der Waals surface area contributed by atoms with Crippen LogP contribution >= 0.6 is 0 Å². The Balaban J connectivity index is -0.0000000376. The molecule has 4 nitrogen and oxygen atoms in total. The van der Waals surface area contributed by atoms with E-state index in [4.69, 9.17) is 0 Å². The Kier molecular flexibility index (Phi) is 101. The fourth-order valence-corrected chi connectivity index (χ4v) is 0.577. The summed E-state index contributed by atoms with van der Waals surface area (Å²) in [5, 5.41) is 38.1. The summed E-state index contributed by atoms with van der Waals surface area (Å²) in [6, 6.07) is 0. The smallest absolute Gasteiger partial charge is 0.854 e. The number of unbranched alkanes of at least 4 members (excludes halogenated alkanes) is 4. The summed E-state index contributed by atoms with van der Waals surface area (Å²) in [7, 11) is 0. The first-order chi connectivity index (χ1) is 9.66.